The van der Waals surface area contributed by atoms with Crippen LogP contribution in [0.5, 0.6) is 11.5 Å². The zero-order chi connectivity index (χ0) is 34.1. The van der Waals surface area contributed by atoms with Gasteiger partial charge in [-0.15, -0.1) is 0 Å². The minimum atomic E-state index is -0.802. The van der Waals surface area contributed by atoms with Crippen molar-refractivity contribution in [2.24, 2.45) is 5.41 Å². The maximum absolute atomic E-state index is 10.4. The Morgan fingerprint density at radius 3 is 2.57 bits per heavy atom. The molecule has 2 aromatic carbocycles. The largest absolute Gasteiger partial charge is 0.496 e. The monoisotopic (exact) mass is 639 g/mol. The predicted molar refractivity (Wildman–Crippen MR) is 195 cm³/mol. The van der Waals surface area contributed by atoms with Crippen molar-refractivity contribution < 1.29 is 14.6 Å². The average molecular weight is 640 g/mol. The Hall–Kier alpha value is -4.27. The molecule has 4 N–H and O–H groups in total. The molecule has 0 aliphatic carbocycles. The van der Waals surface area contributed by atoms with Gasteiger partial charge in [0.1, 0.15) is 29.2 Å². The number of rotatable bonds is 13. The van der Waals surface area contributed by atoms with Crippen LogP contribution in [0.2, 0.25) is 0 Å². The van der Waals surface area contributed by atoms with Crippen molar-refractivity contribution in [3.8, 4) is 11.5 Å². The van der Waals surface area contributed by atoms with E-state index >= 15 is 0 Å². The number of anilines is 1. The Labute approximate surface area is 281 Å². The highest BCUT2D eigenvalue weighted by atomic mass is 16.5. The van der Waals surface area contributed by atoms with Crippen molar-refractivity contribution in [3.05, 3.63) is 102 Å². The van der Waals surface area contributed by atoms with E-state index in [4.69, 9.17) is 14.5 Å². The molecule has 1 aliphatic heterocycles. The zero-order valence-corrected chi connectivity index (χ0v) is 29.4. The van der Waals surface area contributed by atoms with Crippen LogP contribution in [0.1, 0.15) is 67.0 Å². The molecule has 3 aromatic rings. The average Bonchev–Trinajstić information content (AvgIpc) is 3.04. The number of aliphatic hydroxyl groups excluding tert-OH is 1. The number of benzene rings is 2. The Morgan fingerprint density at radius 2 is 1.91 bits per heavy atom. The van der Waals surface area contributed by atoms with E-state index in [1.165, 1.54) is 0 Å². The maximum Gasteiger partial charge on any atom is 0.147 e. The summed E-state index contributed by atoms with van der Waals surface area (Å²) in [7, 11) is 1.56. The topological polar surface area (TPSA) is 90.9 Å². The lowest BCUT2D eigenvalue weighted by Crippen LogP contribution is -2.49. The van der Waals surface area contributed by atoms with Gasteiger partial charge in [0.25, 0.3) is 0 Å². The summed E-state index contributed by atoms with van der Waals surface area (Å²) in [5, 5.41) is 22.7. The van der Waals surface area contributed by atoms with E-state index < -0.39 is 6.10 Å². The third-order valence-electron chi connectivity index (χ3n) is 8.57. The number of hydrogen-bond donors (Lipinski definition) is 4. The lowest BCUT2D eigenvalue weighted by molar-refractivity contribution is 0.138. The van der Waals surface area contributed by atoms with Crippen molar-refractivity contribution in [1.29, 1.82) is 0 Å². The number of methoxy groups -OCH3 is 1. The standard InChI is InChI=1S/C39H53N5O3/c1-10-14-36(44-22-21-40-29(11-2)25-44)34-24-30(19-20-41-34)47-37-18-17-33(31-15-12-13-16-32(31)37)42-28(5)43-35(38(46-9)27(4)45)23-26(3)39(6,7)8/h12-20,23-24,27,29,40,42-43,45H,5,10-11,21-22,25H2,1-4,6-9H3/b26-23+,36-14?,38-35-. The molecular weight excluding hydrogens is 586 g/mol. The van der Waals surface area contributed by atoms with Crippen LogP contribution < -0.4 is 20.7 Å². The molecule has 0 bridgehead atoms. The minimum Gasteiger partial charge on any atom is -0.496 e. The van der Waals surface area contributed by atoms with Gasteiger partial charge in [0, 0.05) is 54.4 Å². The van der Waals surface area contributed by atoms with E-state index in [-0.39, 0.29) is 5.41 Å². The second-order valence-electron chi connectivity index (χ2n) is 13.1. The molecule has 2 atom stereocenters. The van der Waals surface area contributed by atoms with Crippen molar-refractivity contribution in [2.75, 3.05) is 32.1 Å². The van der Waals surface area contributed by atoms with Crippen molar-refractivity contribution in [2.45, 2.75) is 73.5 Å². The number of hydrogen-bond acceptors (Lipinski definition) is 8. The van der Waals surface area contributed by atoms with Crippen LogP contribution in [-0.2, 0) is 4.74 Å². The third-order valence-corrected chi connectivity index (χ3v) is 8.57. The van der Waals surface area contributed by atoms with Gasteiger partial charge in [0.15, 0.2) is 0 Å². The molecule has 0 spiro atoms. The molecule has 8 heteroatoms. The summed E-state index contributed by atoms with van der Waals surface area (Å²) >= 11 is 0. The van der Waals surface area contributed by atoms with Crippen molar-refractivity contribution in [3.63, 3.8) is 0 Å². The van der Waals surface area contributed by atoms with E-state index in [2.05, 4.69) is 87.2 Å². The van der Waals surface area contributed by atoms with Crippen molar-refractivity contribution >= 4 is 22.2 Å². The first-order chi connectivity index (χ1) is 22.4. The Bertz CT molecular complexity index is 1630. The number of pyridine rings is 1. The van der Waals surface area contributed by atoms with Crippen molar-refractivity contribution in [1.82, 2.24) is 20.5 Å². The first-order valence-corrected chi connectivity index (χ1v) is 16.7. The maximum atomic E-state index is 10.4. The number of nitrogens with zero attached hydrogens (tertiary/aromatic N) is 2. The van der Waals surface area contributed by atoms with Crippen LogP contribution in [0.25, 0.3) is 16.5 Å². The summed E-state index contributed by atoms with van der Waals surface area (Å²) in [6.45, 7) is 21.7. The van der Waals surface area contributed by atoms with E-state index in [0.29, 0.717) is 23.3 Å². The fourth-order valence-electron chi connectivity index (χ4n) is 5.58. The number of allylic oxidation sites excluding steroid dienone is 3. The molecule has 2 heterocycles. The molecule has 1 aliphatic rings. The first kappa shape index (κ1) is 35.6. The summed E-state index contributed by atoms with van der Waals surface area (Å²) in [4.78, 5) is 7.19. The quantitative estimate of drug-likeness (QED) is 0.110. The summed E-state index contributed by atoms with van der Waals surface area (Å²) < 4.78 is 12.1. The highest BCUT2D eigenvalue weighted by molar-refractivity contribution is 5.98. The van der Waals surface area contributed by atoms with Crippen LogP contribution >= 0.6 is 0 Å². The highest BCUT2D eigenvalue weighted by Gasteiger charge is 2.22. The molecule has 1 fully saturated rings. The summed E-state index contributed by atoms with van der Waals surface area (Å²) in [5.74, 6) is 2.45. The molecular formula is C39H53N5O3. The van der Waals surface area contributed by atoms with E-state index in [9.17, 15) is 5.11 Å². The molecule has 252 valence electrons. The van der Waals surface area contributed by atoms with Gasteiger partial charge >= 0.3 is 0 Å². The Balaban J connectivity index is 1.60. The van der Waals surface area contributed by atoms with Gasteiger partial charge < -0.3 is 35.4 Å². The van der Waals surface area contributed by atoms with E-state index in [1.807, 2.05) is 48.7 Å². The molecule has 0 radical (unpaired) electrons. The number of piperazine rings is 1. The second-order valence-corrected chi connectivity index (χ2v) is 13.1. The number of ether oxygens (including phenoxy) is 2. The van der Waals surface area contributed by atoms with Gasteiger partial charge in [-0.25, -0.2) is 0 Å². The fraction of sp³-hybridized carbons (Fsp3) is 0.410. The molecule has 0 saturated carbocycles. The lowest BCUT2D eigenvalue weighted by Gasteiger charge is -2.36. The Morgan fingerprint density at radius 1 is 1.17 bits per heavy atom. The summed E-state index contributed by atoms with van der Waals surface area (Å²) in [6.07, 6.45) is 7.31. The molecule has 0 amide bonds. The van der Waals surface area contributed by atoms with Gasteiger partial charge in [-0.2, -0.15) is 0 Å². The fourth-order valence-corrected chi connectivity index (χ4v) is 5.58. The van der Waals surface area contributed by atoms with Gasteiger partial charge in [-0.05, 0) is 56.4 Å². The Kier molecular flexibility index (Phi) is 12.1. The van der Waals surface area contributed by atoms with Crippen LogP contribution in [-0.4, -0.2) is 53.9 Å². The van der Waals surface area contributed by atoms with Gasteiger partial charge in [0.05, 0.1) is 24.2 Å². The second kappa shape index (κ2) is 16.0. The SMILES string of the molecule is C=C(NC(/C=C(\C)C(C)(C)C)=C(\OC)C(C)O)Nc1ccc(Oc2ccnc(C(=CCC)N3CCNC(CC)C3)c2)c2ccccc12. The molecule has 8 nitrogen and oxygen atoms in total. The molecule has 1 aromatic heterocycles. The molecule has 2 unspecified atom stereocenters. The third kappa shape index (κ3) is 9.18. The summed E-state index contributed by atoms with van der Waals surface area (Å²) in [5.41, 5.74) is 4.65. The lowest BCUT2D eigenvalue weighted by atomic mass is 9.87. The van der Waals surface area contributed by atoms with E-state index in [1.54, 1.807) is 14.0 Å². The predicted octanol–water partition coefficient (Wildman–Crippen LogP) is 8.17. The molecule has 4 rings (SSSR count). The van der Waals surface area contributed by atoms with E-state index in [0.717, 1.165) is 77.4 Å². The van der Waals surface area contributed by atoms with Gasteiger partial charge in [-0.1, -0.05) is 77.1 Å². The van der Waals surface area contributed by atoms with Crippen LogP contribution in [0, 0.1) is 5.41 Å². The minimum absolute atomic E-state index is 0.0577. The molecule has 47 heavy (non-hydrogen) atoms. The highest BCUT2D eigenvalue weighted by Crippen LogP contribution is 2.36. The zero-order valence-electron chi connectivity index (χ0n) is 29.4. The van der Waals surface area contributed by atoms with Crippen LogP contribution in [0.4, 0.5) is 5.69 Å². The van der Waals surface area contributed by atoms with Gasteiger partial charge in [0.2, 0.25) is 0 Å². The summed E-state index contributed by atoms with van der Waals surface area (Å²) in [6, 6.07) is 16.5. The number of nitrogens with one attached hydrogen (secondary N) is 3. The van der Waals surface area contributed by atoms with Crippen LogP contribution in [0.15, 0.2) is 96.3 Å². The number of fused-ring (bicyclic) bond motifs is 1. The normalized spacial score (nSPS) is 17.2. The first-order valence-electron chi connectivity index (χ1n) is 16.7. The number of aromatic nitrogens is 1. The van der Waals surface area contributed by atoms with Gasteiger partial charge in [-0.3, -0.25) is 4.98 Å². The molecule has 1 saturated heterocycles. The number of aliphatic hydroxyl groups is 1. The van der Waals surface area contributed by atoms with Crippen LogP contribution in [0.3, 0.4) is 0 Å². The smallest absolute Gasteiger partial charge is 0.147 e.